The molecule has 1 saturated heterocycles. The smallest absolute Gasteiger partial charge is 0.411 e. The van der Waals surface area contributed by atoms with E-state index >= 15 is 0 Å². The van der Waals surface area contributed by atoms with Crippen molar-refractivity contribution in [3.63, 3.8) is 0 Å². The van der Waals surface area contributed by atoms with Gasteiger partial charge in [-0.05, 0) is 62.9 Å². The van der Waals surface area contributed by atoms with E-state index in [1.54, 1.807) is 0 Å². The van der Waals surface area contributed by atoms with Crippen LogP contribution >= 0.6 is 0 Å². The number of nitrogens with zero attached hydrogens (tertiary/aromatic N) is 2. The average Bonchev–Trinajstić information content (AvgIpc) is 3.53. The Morgan fingerprint density at radius 1 is 1.24 bits per heavy atom. The first kappa shape index (κ1) is 21.4. The zero-order valence-corrected chi connectivity index (χ0v) is 18.8. The van der Waals surface area contributed by atoms with Crippen LogP contribution in [0.25, 0.3) is 22.2 Å². The lowest BCUT2D eigenvalue weighted by Crippen LogP contribution is -2.18. The molecular formula is C26H27N3O4. The largest absolute Gasteiger partial charge is 0.491 e. The van der Waals surface area contributed by atoms with Crippen molar-refractivity contribution in [2.45, 2.75) is 51.4 Å². The van der Waals surface area contributed by atoms with Crippen LogP contribution in [0.5, 0.6) is 5.75 Å². The van der Waals surface area contributed by atoms with Crippen molar-refractivity contribution in [1.29, 1.82) is 5.26 Å². The van der Waals surface area contributed by atoms with E-state index in [1.165, 1.54) is 6.42 Å². The van der Waals surface area contributed by atoms with Gasteiger partial charge in [-0.15, -0.1) is 0 Å². The van der Waals surface area contributed by atoms with Crippen LogP contribution in [0.4, 0.5) is 10.5 Å². The lowest BCUT2D eigenvalue weighted by Gasteiger charge is -2.30. The van der Waals surface area contributed by atoms with E-state index in [0.717, 1.165) is 47.4 Å². The molecule has 2 aliphatic rings. The summed E-state index contributed by atoms with van der Waals surface area (Å²) in [5, 5.41) is 13.8. The van der Waals surface area contributed by atoms with Gasteiger partial charge in [0, 0.05) is 23.2 Å². The Hall–Kier alpha value is -3.50. The number of fused-ring (bicyclic) bond motifs is 1. The summed E-state index contributed by atoms with van der Waals surface area (Å²) in [4.78, 5) is 11.9. The standard InChI is InChI=1S/C26H27N3O4/c1-16(2)33-26(30)28-18-8-6-17(7-9-18)25-23(13-27)22-11-10-20(31-14-21-15-32-21)12-24(22)29(25)19-4-3-5-19/h6-12,16,19,21H,3-5,14-15H2,1-2H3,(H,28,30). The minimum Gasteiger partial charge on any atom is -0.491 e. The van der Waals surface area contributed by atoms with Gasteiger partial charge in [0.2, 0.25) is 0 Å². The first-order valence-electron chi connectivity index (χ1n) is 11.4. The first-order chi connectivity index (χ1) is 16.0. The van der Waals surface area contributed by atoms with Crippen LogP contribution in [-0.2, 0) is 9.47 Å². The molecule has 2 fully saturated rings. The van der Waals surface area contributed by atoms with Crippen molar-refractivity contribution in [2.24, 2.45) is 0 Å². The molecule has 0 spiro atoms. The van der Waals surface area contributed by atoms with Gasteiger partial charge in [0.1, 0.15) is 24.5 Å². The molecule has 33 heavy (non-hydrogen) atoms. The van der Waals surface area contributed by atoms with E-state index in [9.17, 15) is 10.1 Å². The highest BCUT2D eigenvalue weighted by molar-refractivity contribution is 5.96. The summed E-state index contributed by atoms with van der Waals surface area (Å²) >= 11 is 0. The van der Waals surface area contributed by atoms with Crippen molar-refractivity contribution in [1.82, 2.24) is 4.57 Å². The van der Waals surface area contributed by atoms with E-state index in [0.29, 0.717) is 23.9 Å². The molecule has 1 unspecified atom stereocenters. The van der Waals surface area contributed by atoms with Crippen LogP contribution < -0.4 is 10.1 Å². The SMILES string of the molecule is CC(C)OC(=O)Nc1ccc(-c2c(C#N)c3ccc(OCC4CO4)cc3n2C2CCC2)cc1. The Morgan fingerprint density at radius 2 is 2.00 bits per heavy atom. The molecule has 3 aromatic rings. The second-order valence-corrected chi connectivity index (χ2v) is 8.89. The van der Waals surface area contributed by atoms with Crippen LogP contribution in [0.1, 0.15) is 44.7 Å². The molecule has 0 radical (unpaired) electrons. The van der Waals surface area contributed by atoms with Gasteiger partial charge in [-0.25, -0.2) is 4.79 Å². The monoisotopic (exact) mass is 445 g/mol. The fourth-order valence-corrected chi connectivity index (χ4v) is 4.23. The maximum atomic E-state index is 11.9. The summed E-state index contributed by atoms with van der Waals surface area (Å²) in [6.45, 7) is 4.91. The molecule has 0 bridgehead atoms. The summed E-state index contributed by atoms with van der Waals surface area (Å²) in [7, 11) is 0. The van der Waals surface area contributed by atoms with Gasteiger partial charge in [-0.1, -0.05) is 12.1 Å². The summed E-state index contributed by atoms with van der Waals surface area (Å²) < 4.78 is 18.6. The summed E-state index contributed by atoms with van der Waals surface area (Å²) in [5.41, 5.74) is 4.17. The number of amides is 1. The van der Waals surface area contributed by atoms with Crippen LogP contribution in [0.3, 0.4) is 0 Å². The van der Waals surface area contributed by atoms with Crippen LogP contribution in [-0.4, -0.2) is 36.1 Å². The molecule has 1 aliphatic heterocycles. The van der Waals surface area contributed by atoms with Gasteiger partial charge in [-0.3, -0.25) is 5.32 Å². The highest BCUT2D eigenvalue weighted by atomic mass is 16.6. The topological polar surface area (TPSA) is 88.8 Å². The van der Waals surface area contributed by atoms with Gasteiger partial charge < -0.3 is 18.8 Å². The van der Waals surface area contributed by atoms with Gasteiger partial charge in [0.15, 0.2) is 0 Å². The Morgan fingerprint density at radius 3 is 2.61 bits per heavy atom. The second kappa shape index (κ2) is 8.80. The number of rotatable bonds is 7. The Labute approximate surface area is 192 Å². The normalized spacial score (nSPS) is 17.5. The zero-order chi connectivity index (χ0) is 22.9. The van der Waals surface area contributed by atoms with Crippen molar-refractivity contribution < 1.29 is 19.0 Å². The third-order valence-corrected chi connectivity index (χ3v) is 6.11. The molecule has 1 saturated carbocycles. The number of nitriles is 1. The van der Waals surface area contributed by atoms with Crippen LogP contribution in [0, 0.1) is 11.3 Å². The molecule has 1 aliphatic carbocycles. The van der Waals surface area contributed by atoms with Crippen LogP contribution in [0.15, 0.2) is 42.5 Å². The van der Waals surface area contributed by atoms with E-state index in [1.807, 2.05) is 56.3 Å². The number of aromatic nitrogens is 1. The minimum absolute atomic E-state index is 0.189. The average molecular weight is 446 g/mol. The molecule has 1 aromatic heterocycles. The molecule has 2 aromatic carbocycles. The number of carbonyl (C=O) groups excluding carboxylic acids is 1. The molecule has 5 rings (SSSR count). The van der Waals surface area contributed by atoms with E-state index in [2.05, 4.69) is 16.0 Å². The minimum atomic E-state index is -0.483. The maximum Gasteiger partial charge on any atom is 0.411 e. The van der Waals surface area contributed by atoms with Gasteiger partial charge in [-0.2, -0.15) is 5.26 Å². The van der Waals surface area contributed by atoms with Gasteiger partial charge >= 0.3 is 6.09 Å². The highest BCUT2D eigenvalue weighted by Crippen LogP contribution is 2.43. The molecule has 1 amide bonds. The summed E-state index contributed by atoms with van der Waals surface area (Å²) in [6.07, 6.45) is 2.87. The predicted molar refractivity (Wildman–Crippen MR) is 125 cm³/mol. The molecule has 170 valence electrons. The second-order valence-electron chi connectivity index (χ2n) is 8.89. The summed E-state index contributed by atoms with van der Waals surface area (Å²) in [6, 6.07) is 16.3. The summed E-state index contributed by atoms with van der Waals surface area (Å²) in [5.74, 6) is 0.787. The van der Waals surface area contributed by atoms with Crippen LogP contribution in [0.2, 0.25) is 0 Å². The Balaban J connectivity index is 1.52. The third-order valence-electron chi connectivity index (χ3n) is 6.11. The fourth-order valence-electron chi connectivity index (χ4n) is 4.23. The number of carbonyl (C=O) groups is 1. The Bertz CT molecular complexity index is 1220. The van der Waals surface area contributed by atoms with Gasteiger partial charge in [0.05, 0.1) is 29.5 Å². The lowest BCUT2D eigenvalue weighted by molar-refractivity contribution is 0.130. The zero-order valence-electron chi connectivity index (χ0n) is 18.8. The number of hydrogen-bond donors (Lipinski definition) is 1. The fraction of sp³-hybridized carbons (Fsp3) is 0.385. The molecule has 1 atom stereocenters. The number of hydrogen-bond acceptors (Lipinski definition) is 5. The van der Waals surface area contributed by atoms with E-state index < -0.39 is 6.09 Å². The molecule has 7 heteroatoms. The number of epoxide rings is 1. The molecule has 2 heterocycles. The lowest BCUT2D eigenvalue weighted by atomic mass is 9.92. The quantitative estimate of drug-likeness (QED) is 0.476. The van der Waals surface area contributed by atoms with Crippen molar-refractivity contribution in [3.8, 4) is 23.1 Å². The molecular weight excluding hydrogens is 418 g/mol. The first-order valence-corrected chi connectivity index (χ1v) is 11.4. The highest BCUT2D eigenvalue weighted by Gasteiger charge is 2.28. The number of anilines is 1. The van der Waals surface area contributed by atoms with Crippen molar-refractivity contribution >= 4 is 22.7 Å². The number of benzene rings is 2. The van der Waals surface area contributed by atoms with Crippen molar-refractivity contribution in [3.05, 3.63) is 48.0 Å². The van der Waals surface area contributed by atoms with E-state index in [4.69, 9.17) is 14.2 Å². The number of ether oxygens (including phenoxy) is 3. The maximum absolute atomic E-state index is 11.9. The molecule has 1 N–H and O–H groups in total. The van der Waals surface area contributed by atoms with E-state index in [-0.39, 0.29) is 12.2 Å². The molecule has 7 nitrogen and oxygen atoms in total. The van der Waals surface area contributed by atoms with Gasteiger partial charge in [0.25, 0.3) is 0 Å². The number of nitrogens with one attached hydrogen (secondary N) is 1. The Kier molecular flexibility index (Phi) is 5.69. The predicted octanol–water partition coefficient (Wildman–Crippen LogP) is 5.64. The third kappa shape index (κ3) is 4.39. The van der Waals surface area contributed by atoms with Crippen molar-refractivity contribution in [2.75, 3.05) is 18.5 Å².